The highest BCUT2D eigenvalue weighted by Crippen LogP contribution is 2.32. The highest BCUT2D eigenvalue weighted by molar-refractivity contribution is 6.31. The van der Waals surface area contributed by atoms with Crippen LogP contribution in [0.4, 0.5) is 22.0 Å². The molecule has 1 aliphatic heterocycles. The predicted octanol–water partition coefficient (Wildman–Crippen LogP) is 3.23. The number of ether oxygens (including phenoxy) is 1. The van der Waals surface area contributed by atoms with E-state index < -0.39 is 0 Å². The summed E-state index contributed by atoms with van der Waals surface area (Å²) in [4.78, 5) is 20.7. The van der Waals surface area contributed by atoms with E-state index in [9.17, 15) is 4.79 Å². The van der Waals surface area contributed by atoms with Crippen LogP contribution in [0, 0.1) is 0 Å². The van der Waals surface area contributed by atoms with Gasteiger partial charge in [0.05, 0.1) is 18.5 Å². The van der Waals surface area contributed by atoms with Crippen LogP contribution in [-0.2, 0) is 0 Å². The standard InChI is InChI=1S/C16H17ClN4O2/c1-20-8-9-21(13-4-3-7-18-15(13)20)16(22)19-12-10-11(17)5-6-14(12)23-2/h3-7,10H,8-9H2,1-2H3,(H,19,22). The maximum Gasteiger partial charge on any atom is 0.326 e. The number of hydrogen-bond acceptors (Lipinski definition) is 4. The number of carbonyl (C=O) groups excluding carboxylic acids is 1. The number of rotatable bonds is 2. The van der Waals surface area contributed by atoms with Crippen molar-refractivity contribution in [2.75, 3.05) is 42.4 Å². The van der Waals surface area contributed by atoms with Gasteiger partial charge in [-0.15, -0.1) is 0 Å². The van der Waals surface area contributed by atoms with Gasteiger partial charge in [-0.05, 0) is 30.3 Å². The Morgan fingerprint density at radius 2 is 2.17 bits per heavy atom. The number of nitrogens with zero attached hydrogens (tertiary/aromatic N) is 3. The molecular formula is C16H17ClN4O2. The van der Waals surface area contributed by atoms with Gasteiger partial charge in [0.1, 0.15) is 5.75 Å². The lowest BCUT2D eigenvalue weighted by molar-refractivity contribution is 0.256. The third-order valence-electron chi connectivity index (χ3n) is 3.73. The number of hydrogen-bond donors (Lipinski definition) is 1. The van der Waals surface area contributed by atoms with E-state index in [1.807, 2.05) is 24.1 Å². The lowest BCUT2D eigenvalue weighted by Crippen LogP contribution is -2.45. The van der Waals surface area contributed by atoms with Gasteiger partial charge in [0, 0.05) is 31.4 Å². The number of pyridine rings is 1. The third-order valence-corrected chi connectivity index (χ3v) is 3.96. The summed E-state index contributed by atoms with van der Waals surface area (Å²) in [6, 6.07) is 8.56. The van der Waals surface area contributed by atoms with E-state index in [4.69, 9.17) is 16.3 Å². The first kappa shape index (κ1) is 15.4. The molecule has 0 fully saturated rings. The van der Waals surface area contributed by atoms with Gasteiger partial charge >= 0.3 is 6.03 Å². The van der Waals surface area contributed by atoms with Gasteiger partial charge in [-0.2, -0.15) is 0 Å². The zero-order valence-corrected chi connectivity index (χ0v) is 13.7. The minimum atomic E-state index is -0.243. The van der Waals surface area contributed by atoms with Crippen molar-refractivity contribution in [3.8, 4) is 5.75 Å². The fourth-order valence-electron chi connectivity index (χ4n) is 2.54. The highest BCUT2D eigenvalue weighted by Gasteiger charge is 2.26. The Morgan fingerprint density at radius 1 is 1.35 bits per heavy atom. The van der Waals surface area contributed by atoms with E-state index in [-0.39, 0.29) is 6.03 Å². The van der Waals surface area contributed by atoms with Gasteiger partial charge in [0.15, 0.2) is 5.82 Å². The normalized spacial score (nSPS) is 13.5. The smallest absolute Gasteiger partial charge is 0.326 e. The Labute approximate surface area is 139 Å². The summed E-state index contributed by atoms with van der Waals surface area (Å²) >= 11 is 6.01. The molecule has 3 rings (SSSR count). The van der Waals surface area contributed by atoms with Gasteiger partial charge in [0.2, 0.25) is 0 Å². The summed E-state index contributed by atoms with van der Waals surface area (Å²) in [7, 11) is 3.51. The Kier molecular flexibility index (Phi) is 4.25. The van der Waals surface area contributed by atoms with Crippen LogP contribution in [0.15, 0.2) is 36.5 Å². The van der Waals surface area contributed by atoms with Gasteiger partial charge in [-0.1, -0.05) is 11.6 Å². The molecule has 0 unspecified atom stereocenters. The van der Waals surface area contributed by atoms with Gasteiger partial charge < -0.3 is 15.0 Å². The number of benzene rings is 1. The average molecular weight is 333 g/mol. The summed E-state index contributed by atoms with van der Waals surface area (Å²) in [5.74, 6) is 1.34. The second-order valence-corrected chi connectivity index (χ2v) is 5.63. The first-order valence-corrected chi connectivity index (χ1v) is 7.56. The minimum Gasteiger partial charge on any atom is -0.495 e. The van der Waals surface area contributed by atoms with E-state index in [0.717, 1.165) is 11.5 Å². The van der Waals surface area contributed by atoms with E-state index in [1.165, 1.54) is 0 Å². The average Bonchev–Trinajstić information content (AvgIpc) is 2.55. The molecule has 0 radical (unpaired) electrons. The van der Waals surface area contributed by atoms with Crippen molar-refractivity contribution < 1.29 is 9.53 Å². The lowest BCUT2D eigenvalue weighted by atomic mass is 10.2. The lowest BCUT2D eigenvalue weighted by Gasteiger charge is -2.34. The number of carbonyl (C=O) groups is 1. The molecule has 7 heteroatoms. The zero-order chi connectivity index (χ0) is 16.4. The van der Waals surface area contributed by atoms with Crippen LogP contribution in [0.3, 0.4) is 0 Å². The predicted molar refractivity (Wildman–Crippen MR) is 91.9 cm³/mol. The van der Waals surface area contributed by atoms with Crippen LogP contribution in [0.2, 0.25) is 5.02 Å². The maximum absolute atomic E-state index is 12.7. The van der Waals surface area contributed by atoms with Crippen molar-refractivity contribution in [3.63, 3.8) is 0 Å². The Hall–Kier alpha value is -2.47. The molecule has 0 saturated heterocycles. The molecule has 1 aliphatic rings. The topological polar surface area (TPSA) is 57.7 Å². The van der Waals surface area contributed by atoms with Crippen LogP contribution in [0.5, 0.6) is 5.75 Å². The van der Waals surface area contributed by atoms with Crippen molar-refractivity contribution in [2.45, 2.75) is 0 Å². The molecule has 2 amide bonds. The van der Waals surface area contributed by atoms with E-state index in [2.05, 4.69) is 10.3 Å². The fourth-order valence-corrected chi connectivity index (χ4v) is 2.71. The number of aromatic nitrogens is 1. The second kappa shape index (κ2) is 6.34. The molecule has 2 heterocycles. The number of nitrogens with one attached hydrogen (secondary N) is 1. The molecule has 120 valence electrons. The first-order chi connectivity index (χ1) is 11.1. The van der Waals surface area contributed by atoms with Crippen LogP contribution in [0.25, 0.3) is 0 Å². The molecular weight excluding hydrogens is 316 g/mol. The van der Waals surface area contributed by atoms with Crippen molar-refractivity contribution >= 4 is 34.8 Å². The van der Waals surface area contributed by atoms with Crippen LogP contribution < -0.4 is 19.9 Å². The van der Waals surface area contributed by atoms with Crippen molar-refractivity contribution in [2.24, 2.45) is 0 Å². The Balaban J connectivity index is 1.88. The summed E-state index contributed by atoms with van der Waals surface area (Å²) < 4.78 is 5.26. The summed E-state index contributed by atoms with van der Waals surface area (Å²) in [5.41, 5.74) is 1.31. The van der Waals surface area contributed by atoms with Crippen LogP contribution >= 0.6 is 11.6 Å². The van der Waals surface area contributed by atoms with E-state index in [1.54, 1.807) is 36.4 Å². The SMILES string of the molecule is COc1ccc(Cl)cc1NC(=O)N1CCN(C)c2ncccc21. The van der Waals surface area contributed by atoms with Crippen LogP contribution in [-0.4, -0.2) is 38.3 Å². The monoisotopic (exact) mass is 332 g/mol. The first-order valence-electron chi connectivity index (χ1n) is 7.18. The molecule has 2 aromatic rings. The zero-order valence-electron chi connectivity index (χ0n) is 12.9. The van der Waals surface area contributed by atoms with E-state index in [0.29, 0.717) is 29.5 Å². The molecule has 23 heavy (non-hydrogen) atoms. The molecule has 1 N–H and O–H groups in total. The van der Waals surface area contributed by atoms with Crippen molar-refractivity contribution in [1.29, 1.82) is 0 Å². The molecule has 0 saturated carbocycles. The molecule has 0 aliphatic carbocycles. The summed E-state index contributed by atoms with van der Waals surface area (Å²) in [5, 5.41) is 3.39. The number of fused-ring (bicyclic) bond motifs is 1. The number of likely N-dealkylation sites (N-methyl/N-ethyl adjacent to an activating group) is 1. The molecule has 0 bridgehead atoms. The van der Waals surface area contributed by atoms with Gasteiger partial charge in [-0.3, -0.25) is 4.90 Å². The van der Waals surface area contributed by atoms with Crippen LogP contribution in [0.1, 0.15) is 0 Å². The van der Waals surface area contributed by atoms with Crippen molar-refractivity contribution in [3.05, 3.63) is 41.6 Å². The minimum absolute atomic E-state index is 0.243. The van der Waals surface area contributed by atoms with Crippen molar-refractivity contribution in [1.82, 2.24) is 4.98 Å². The maximum atomic E-state index is 12.7. The number of methoxy groups -OCH3 is 1. The Morgan fingerprint density at radius 3 is 2.96 bits per heavy atom. The number of urea groups is 1. The molecule has 1 aromatic carbocycles. The summed E-state index contributed by atoms with van der Waals surface area (Å²) in [6.45, 7) is 1.29. The van der Waals surface area contributed by atoms with Gasteiger partial charge in [0.25, 0.3) is 0 Å². The molecule has 6 nitrogen and oxygen atoms in total. The molecule has 0 atom stereocenters. The second-order valence-electron chi connectivity index (χ2n) is 5.19. The number of amides is 2. The summed E-state index contributed by atoms with van der Waals surface area (Å²) in [6.07, 6.45) is 1.72. The molecule has 0 spiro atoms. The fraction of sp³-hybridized carbons (Fsp3) is 0.250. The largest absolute Gasteiger partial charge is 0.495 e. The highest BCUT2D eigenvalue weighted by atomic mass is 35.5. The third kappa shape index (κ3) is 3.03. The number of halogens is 1. The number of anilines is 3. The quantitative estimate of drug-likeness (QED) is 0.917. The van der Waals surface area contributed by atoms with Gasteiger partial charge in [-0.25, -0.2) is 9.78 Å². The van der Waals surface area contributed by atoms with E-state index >= 15 is 0 Å². The molecule has 1 aromatic heterocycles. The Bertz CT molecular complexity index is 738.